The number of esters is 1. The number of rotatable bonds is 5. The first-order valence-corrected chi connectivity index (χ1v) is 7.18. The van der Waals surface area contributed by atoms with Crippen LogP contribution in [-0.4, -0.2) is 22.8 Å². The van der Waals surface area contributed by atoms with Gasteiger partial charge in [0.05, 0.1) is 6.61 Å². The Morgan fingerprint density at radius 3 is 2.74 bits per heavy atom. The van der Waals surface area contributed by atoms with E-state index in [2.05, 4.69) is 26.1 Å². The number of carbonyl (C=O) groups is 1. The van der Waals surface area contributed by atoms with E-state index in [0.29, 0.717) is 18.4 Å². The Bertz CT molecular complexity index is 556. The number of halogens is 1. The first kappa shape index (κ1) is 14.0. The molecule has 7 heteroatoms. The van der Waals surface area contributed by atoms with Crippen LogP contribution in [0.2, 0.25) is 0 Å². The van der Waals surface area contributed by atoms with E-state index in [9.17, 15) is 4.79 Å². The SMILES string of the molecule is CCOC(=O)c1nnc(OCc2ccc(Br)cc2)s1. The van der Waals surface area contributed by atoms with Gasteiger partial charge in [-0.05, 0) is 36.0 Å². The van der Waals surface area contributed by atoms with Crippen molar-refractivity contribution >= 4 is 33.2 Å². The minimum atomic E-state index is -0.474. The number of benzene rings is 1. The van der Waals surface area contributed by atoms with E-state index < -0.39 is 5.97 Å². The smallest absolute Gasteiger partial charge is 0.369 e. The Morgan fingerprint density at radius 1 is 1.32 bits per heavy atom. The largest absolute Gasteiger partial charge is 0.464 e. The lowest BCUT2D eigenvalue weighted by Gasteiger charge is -2.01. The molecule has 0 aliphatic heterocycles. The molecule has 19 heavy (non-hydrogen) atoms. The van der Waals surface area contributed by atoms with E-state index in [1.807, 2.05) is 24.3 Å². The molecule has 0 amide bonds. The van der Waals surface area contributed by atoms with Gasteiger partial charge in [-0.25, -0.2) is 4.79 Å². The summed E-state index contributed by atoms with van der Waals surface area (Å²) in [6, 6.07) is 7.75. The fraction of sp³-hybridized carbons (Fsp3) is 0.250. The van der Waals surface area contributed by atoms with Gasteiger partial charge in [0.1, 0.15) is 6.61 Å². The molecular formula is C12H11BrN2O3S. The summed E-state index contributed by atoms with van der Waals surface area (Å²) < 4.78 is 11.3. The first-order chi connectivity index (χ1) is 9.19. The Balaban J connectivity index is 1.93. The Hall–Kier alpha value is -1.47. The van der Waals surface area contributed by atoms with Gasteiger partial charge in [0, 0.05) is 4.47 Å². The molecule has 0 bridgehead atoms. The number of hydrogen-bond donors (Lipinski definition) is 0. The van der Waals surface area contributed by atoms with E-state index in [0.717, 1.165) is 21.4 Å². The second kappa shape index (κ2) is 6.63. The van der Waals surface area contributed by atoms with Gasteiger partial charge in [-0.15, -0.1) is 5.10 Å². The lowest BCUT2D eigenvalue weighted by molar-refractivity contribution is 0.0525. The molecule has 0 saturated carbocycles. The summed E-state index contributed by atoms with van der Waals surface area (Å²) in [6.07, 6.45) is 0. The molecule has 1 aromatic carbocycles. The van der Waals surface area contributed by atoms with Crippen LogP contribution in [0, 0.1) is 0 Å². The minimum absolute atomic E-state index is 0.202. The molecule has 0 saturated heterocycles. The number of ether oxygens (including phenoxy) is 2. The molecule has 0 radical (unpaired) electrons. The fourth-order valence-corrected chi connectivity index (χ4v) is 2.12. The van der Waals surface area contributed by atoms with Crippen LogP contribution in [0.4, 0.5) is 0 Å². The summed E-state index contributed by atoms with van der Waals surface area (Å²) in [5, 5.41) is 8.07. The maximum absolute atomic E-state index is 11.4. The summed E-state index contributed by atoms with van der Waals surface area (Å²) in [7, 11) is 0. The topological polar surface area (TPSA) is 61.3 Å². The van der Waals surface area contributed by atoms with Crippen molar-refractivity contribution in [2.75, 3.05) is 6.61 Å². The maximum atomic E-state index is 11.4. The molecule has 0 spiro atoms. The van der Waals surface area contributed by atoms with E-state index in [-0.39, 0.29) is 5.01 Å². The zero-order valence-corrected chi connectivity index (χ0v) is 12.5. The van der Waals surface area contributed by atoms with E-state index in [1.54, 1.807) is 6.92 Å². The average Bonchev–Trinajstić information content (AvgIpc) is 2.87. The summed E-state index contributed by atoms with van der Waals surface area (Å²) >= 11 is 4.44. The van der Waals surface area contributed by atoms with Crippen molar-refractivity contribution in [3.05, 3.63) is 39.3 Å². The molecule has 2 aromatic rings. The molecule has 1 heterocycles. The van der Waals surface area contributed by atoms with Crippen LogP contribution in [-0.2, 0) is 11.3 Å². The van der Waals surface area contributed by atoms with Crippen molar-refractivity contribution in [2.45, 2.75) is 13.5 Å². The van der Waals surface area contributed by atoms with Gasteiger partial charge in [-0.1, -0.05) is 33.2 Å². The van der Waals surface area contributed by atoms with Crippen LogP contribution in [0.3, 0.4) is 0 Å². The Kier molecular flexibility index (Phi) is 4.86. The molecule has 0 aliphatic rings. The van der Waals surface area contributed by atoms with Gasteiger partial charge in [0.25, 0.3) is 5.19 Å². The van der Waals surface area contributed by atoms with Crippen molar-refractivity contribution in [1.82, 2.24) is 10.2 Å². The molecule has 5 nitrogen and oxygen atoms in total. The first-order valence-electron chi connectivity index (χ1n) is 5.57. The van der Waals surface area contributed by atoms with Crippen LogP contribution in [0.1, 0.15) is 22.3 Å². The van der Waals surface area contributed by atoms with Crippen molar-refractivity contribution in [1.29, 1.82) is 0 Å². The quantitative estimate of drug-likeness (QED) is 0.781. The van der Waals surface area contributed by atoms with Gasteiger partial charge in [-0.3, -0.25) is 0 Å². The second-order valence-corrected chi connectivity index (χ2v) is 5.36. The molecule has 1 aromatic heterocycles. The number of carbonyl (C=O) groups excluding carboxylic acids is 1. The Morgan fingerprint density at radius 2 is 2.05 bits per heavy atom. The van der Waals surface area contributed by atoms with E-state index in [4.69, 9.17) is 9.47 Å². The van der Waals surface area contributed by atoms with Gasteiger partial charge < -0.3 is 9.47 Å². The van der Waals surface area contributed by atoms with Crippen molar-refractivity contribution in [3.8, 4) is 5.19 Å². The van der Waals surface area contributed by atoms with E-state index >= 15 is 0 Å². The molecule has 100 valence electrons. The second-order valence-electron chi connectivity index (χ2n) is 3.51. The van der Waals surface area contributed by atoms with Crippen LogP contribution < -0.4 is 4.74 Å². The number of aromatic nitrogens is 2. The van der Waals surface area contributed by atoms with Crippen LogP contribution >= 0.6 is 27.3 Å². The van der Waals surface area contributed by atoms with Crippen LogP contribution in [0.25, 0.3) is 0 Å². The molecule has 2 rings (SSSR count). The highest BCUT2D eigenvalue weighted by molar-refractivity contribution is 9.10. The van der Waals surface area contributed by atoms with Gasteiger partial charge >= 0.3 is 5.97 Å². The zero-order chi connectivity index (χ0) is 13.7. The number of nitrogens with zero attached hydrogens (tertiary/aromatic N) is 2. The van der Waals surface area contributed by atoms with Crippen LogP contribution in [0.15, 0.2) is 28.7 Å². The third-order valence-corrected chi connectivity index (χ3v) is 3.48. The van der Waals surface area contributed by atoms with Crippen molar-refractivity contribution < 1.29 is 14.3 Å². The normalized spacial score (nSPS) is 10.2. The summed E-state index contributed by atoms with van der Waals surface area (Å²) in [6.45, 7) is 2.43. The van der Waals surface area contributed by atoms with Gasteiger partial charge in [0.15, 0.2) is 0 Å². The van der Waals surface area contributed by atoms with Crippen LogP contribution in [0.5, 0.6) is 5.19 Å². The van der Waals surface area contributed by atoms with Crippen molar-refractivity contribution in [2.24, 2.45) is 0 Å². The average molecular weight is 343 g/mol. The third-order valence-electron chi connectivity index (χ3n) is 2.13. The molecular weight excluding hydrogens is 332 g/mol. The monoisotopic (exact) mass is 342 g/mol. The summed E-state index contributed by atoms with van der Waals surface area (Å²) in [5.74, 6) is -0.474. The van der Waals surface area contributed by atoms with Gasteiger partial charge in [-0.2, -0.15) is 0 Å². The highest BCUT2D eigenvalue weighted by Gasteiger charge is 2.14. The molecule has 0 N–H and O–H groups in total. The maximum Gasteiger partial charge on any atom is 0.369 e. The number of hydrogen-bond acceptors (Lipinski definition) is 6. The predicted molar refractivity (Wildman–Crippen MR) is 74.3 cm³/mol. The third kappa shape index (κ3) is 4.00. The molecule has 0 unspecified atom stereocenters. The summed E-state index contributed by atoms with van der Waals surface area (Å²) in [5.41, 5.74) is 1.01. The van der Waals surface area contributed by atoms with Gasteiger partial charge in [0.2, 0.25) is 5.01 Å². The minimum Gasteiger partial charge on any atom is -0.464 e. The standard InChI is InChI=1S/C12H11BrN2O3S/c1-2-17-11(16)10-14-15-12(19-10)18-7-8-3-5-9(13)6-4-8/h3-6H,2,7H2,1H3. The fourth-order valence-electron chi connectivity index (χ4n) is 1.27. The molecule has 0 fully saturated rings. The highest BCUT2D eigenvalue weighted by Crippen LogP contribution is 2.20. The predicted octanol–water partition coefficient (Wildman–Crippen LogP) is 3.06. The lowest BCUT2D eigenvalue weighted by atomic mass is 10.2. The zero-order valence-electron chi connectivity index (χ0n) is 10.1. The van der Waals surface area contributed by atoms with E-state index in [1.165, 1.54) is 0 Å². The Labute approximate surface area is 122 Å². The van der Waals surface area contributed by atoms with Crippen molar-refractivity contribution in [3.63, 3.8) is 0 Å². The summed E-state index contributed by atoms with van der Waals surface area (Å²) in [4.78, 5) is 11.4. The molecule has 0 atom stereocenters. The highest BCUT2D eigenvalue weighted by atomic mass is 79.9. The lowest BCUT2D eigenvalue weighted by Crippen LogP contribution is -2.03. The molecule has 0 aliphatic carbocycles.